The maximum absolute atomic E-state index is 11.5. The molecule has 0 spiro atoms. The summed E-state index contributed by atoms with van der Waals surface area (Å²) in [4.78, 5) is 0. The zero-order chi connectivity index (χ0) is 12.5. The lowest BCUT2D eigenvalue weighted by Crippen LogP contribution is -2.00. The summed E-state index contributed by atoms with van der Waals surface area (Å²) < 4.78 is 67.9. The van der Waals surface area contributed by atoms with Crippen LogP contribution in [0.1, 0.15) is 13.8 Å². The van der Waals surface area contributed by atoms with Crippen LogP contribution in [0.2, 0.25) is 0 Å². The second kappa shape index (κ2) is 8.41. The smallest absolute Gasteiger partial charge is 0.248 e. The number of hydrogen-bond acceptors (Lipinski definition) is 0. The molecule has 15 heavy (non-hydrogen) atoms. The first kappa shape index (κ1) is 16.5. The van der Waals surface area contributed by atoms with Crippen LogP contribution in [0.3, 0.4) is 0 Å². The second-order valence-corrected chi connectivity index (χ2v) is 2.71. The van der Waals surface area contributed by atoms with Gasteiger partial charge in [-0.05, 0) is 13.8 Å². The van der Waals surface area contributed by atoms with E-state index in [1.165, 1.54) is 19.6 Å². The Kier molecular flexibility index (Phi) is 9.27. The average Bonchev–Trinajstić information content (AvgIpc) is 2.03. The predicted molar refractivity (Wildman–Crippen MR) is 45.8 cm³/mol. The van der Waals surface area contributed by atoms with Crippen LogP contribution >= 0.6 is 0 Å². The van der Waals surface area contributed by atoms with Crippen molar-refractivity contribution in [3.05, 3.63) is 17.4 Å². The first-order chi connectivity index (χ1) is 6.72. The van der Waals surface area contributed by atoms with Crippen LogP contribution in [-0.4, -0.2) is 25.7 Å². The van der Waals surface area contributed by atoms with E-state index in [2.05, 4.69) is 0 Å². The summed E-state index contributed by atoms with van der Waals surface area (Å²) in [7, 11) is 0. The van der Waals surface area contributed by atoms with Crippen LogP contribution in [0.5, 0.6) is 0 Å². The van der Waals surface area contributed by atoms with Crippen LogP contribution < -0.4 is 0 Å². The second-order valence-electron chi connectivity index (χ2n) is 2.71. The Labute approximate surface area is 84.3 Å². The highest BCUT2D eigenvalue weighted by Crippen LogP contribution is 2.15. The molecule has 0 rings (SSSR count). The van der Waals surface area contributed by atoms with Gasteiger partial charge in [0.15, 0.2) is 0 Å². The van der Waals surface area contributed by atoms with Crippen molar-refractivity contribution < 1.29 is 26.3 Å². The number of allylic oxidation sites excluding steroid dienone is 1. The Morgan fingerprint density at radius 3 is 1.73 bits per heavy atom. The monoisotopic (exact) mass is 234 g/mol. The minimum absolute atomic E-state index is 0.318. The van der Waals surface area contributed by atoms with Gasteiger partial charge in [0.25, 0.3) is 0 Å². The zero-order valence-corrected chi connectivity index (χ0v) is 8.34. The molecule has 0 N–H and O–H groups in total. The van der Waals surface area contributed by atoms with Gasteiger partial charge in [0.05, 0.1) is 12.2 Å². The Hall–Kier alpha value is -0.900. The summed E-state index contributed by atoms with van der Waals surface area (Å²) in [6, 6.07) is 0. The van der Waals surface area contributed by atoms with Gasteiger partial charge in [0.1, 0.15) is 13.3 Å². The standard InChI is InChI=1S/C6H5F5.C3H7F/c7-3-5(4-8)1-2-6(9,10)11;1-3(2)4/h2H,3-4H2;3H,1-2H3. The molecule has 0 aromatic rings. The molecule has 0 aliphatic carbocycles. The maximum atomic E-state index is 11.5. The lowest BCUT2D eigenvalue weighted by atomic mass is 10.3. The van der Waals surface area contributed by atoms with Crippen molar-refractivity contribution in [2.45, 2.75) is 26.2 Å². The van der Waals surface area contributed by atoms with E-state index in [-0.39, 0.29) is 6.08 Å². The highest BCUT2D eigenvalue weighted by Gasteiger charge is 2.21. The molecule has 0 saturated heterocycles. The SMILES string of the molecule is CC(C)F.FCC(=C=CC(F)(F)F)CF. The molecule has 0 aromatic carbocycles. The van der Waals surface area contributed by atoms with Crippen LogP contribution in [0.4, 0.5) is 26.3 Å². The van der Waals surface area contributed by atoms with E-state index < -0.39 is 31.3 Å². The summed E-state index contributed by atoms with van der Waals surface area (Å²) in [5, 5.41) is 0. The van der Waals surface area contributed by atoms with E-state index in [1.54, 1.807) is 0 Å². The van der Waals surface area contributed by atoms with E-state index in [1.807, 2.05) is 0 Å². The molecule has 0 nitrogen and oxygen atoms in total. The molecule has 0 aromatic heterocycles. The molecule has 0 aliphatic rings. The van der Waals surface area contributed by atoms with E-state index >= 15 is 0 Å². The van der Waals surface area contributed by atoms with Gasteiger partial charge in [-0.25, -0.2) is 13.2 Å². The van der Waals surface area contributed by atoms with E-state index in [0.717, 1.165) is 0 Å². The molecule has 0 amide bonds. The topological polar surface area (TPSA) is 0 Å². The maximum Gasteiger partial charge on any atom is 0.416 e. The Bertz CT molecular complexity index is 200. The van der Waals surface area contributed by atoms with Crippen molar-refractivity contribution in [2.75, 3.05) is 13.3 Å². The Morgan fingerprint density at radius 1 is 1.20 bits per heavy atom. The van der Waals surface area contributed by atoms with Crippen molar-refractivity contribution in [3.8, 4) is 0 Å². The number of alkyl halides is 6. The fourth-order valence-corrected chi connectivity index (χ4v) is 0.297. The van der Waals surface area contributed by atoms with Gasteiger partial charge in [0.2, 0.25) is 0 Å². The molecule has 0 bridgehead atoms. The molecule has 6 heteroatoms. The van der Waals surface area contributed by atoms with Crippen molar-refractivity contribution in [1.29, 1.82) is 0 Å². The van der Waals surface area contributed by atoms with Gasteiger partial charge in [0, 0.05) is 5.57 Å². The third-order valence-electron chi connectivity index (χ3n) is 0.763. The first-order valence-corrected chi connectivity index (χ1v) is 4.01. The van der Waals surface area contributed by atoms with Gasteiger partial charge in [-0.3, -0.25) is 0 Å². The molecule has 0 radical (unpaired) electrons. The van der Waals surface area contributed by atoms with Gasteiger partial charge in [-0.15, -0.1) is 5.73 Å². The zero-order valence-electron chi connectivity index (χ0n) is 8.34. The molecule has 0 atom stereocenters. The number of rotatable bonds is 2. The molecule has 0 unspecified atom stereocenters. The quantitative estimate of drug-likeness (QED) is 0.501. The number of hydrogen-bond donors (Lipinski definition) is 0. The Balaban J connectivity index is 0. The first-order valence-electron chi connectivity index (χ1n) is 4.01. The van der Waals surface area contributed by atoms with Crippen molar-refractivity contribution in [2.24, 2.45) is 0 Å². The lowest BCUT2D eigenvalue weighted by Gasteiger charge is -1.94. The minimum atomic E-state index is -4.56. The highest BCUT2D eigenvalue weighted by atomic mass is 19.4. The van der Waals surface area contributed by atoms with Crippen LogP contribution in [0, 0.1) is 0 Å². The van der Waals surface area contributed by atoms with Crippen LogP contribution in [-0.2, 0) is 0 Å². The molecule has 0 saturated carbocycles. The summed E-state index contributed by atoms with van der Waals surface area (Å²) in [5.74, 6) is 0. The summed E-state index contributed by atoms with van der Waals surface area (Å²) in [6.07, 6.45) is -5.54. The lowest BCUT2D eigenvalue weighted by molar-refractivity contribution is -0.0797. The highest BCUT2D eigenvalue weighted by molar-refractivity contribution is 5.04. The summed E-state index contributed by atoms with van der Waals surface area (Å²) in [5.41, 5.74) is 0.839. The molecule has 0 aliphatic heterocycles. The third kappa shape index (κ3) is 19.5. The summed E-state index contributed by atoms with van der Waals surface area (Å²) in [6.45, 7) is 0.506. The van der Waals surface area contributed by atoms with Gasteiger partial charge in [-0.1, -0.05) is 0 Å². The third-order valence-corrected chi connectivity index (χ3v) is 0.763. The van der Waals surface area contributed by atoms with Gasteiger partial charge < -0.3 is 0 Å². The van der Waals surface area contributed by atoms with E-state index in [9.17, 15) is 26.3 Å². The van der Waals surface area contributed by atoms with Gasteiger partial charge >= 0.3 is 6.18 Å². The largest absolute Gasteiger partial charge is 0.416 e. The molecule has 0 fully saturated rings. The minimum Gasteiger partial charge on any atom is -0.248 e. The van der Waals surface area contributed by atoms with Crippen molar-refractivity contribution in [3.63, 3.8) is 0 Å². The van der Waals surface area contributed by atoms with Crippen LogP contribution in [0.15, 0.2) is 17.4 Å². The van der Waals surface area contributed by atoms with Crippen LogP contribution in [0.25, 0.3) is 0 Å². The average molecular weight is 234 g/mol. The van der Waals surface area contributed by atoms with Crippen molar-refractivity contribution >= 4 is 0 Å². The normalized spacial score (nSPS) is 10.2. The van der Waals surface area contributed by atoms with E-state index in [4.69, 9.17) is 0 Å². The van der Waals surface area contributed by atoms with Crippen molar-refractivity contribution in [1.82, 2.24) is 0 Å². The molecular weight excluding hydrogens is 222 g/mol. The predicted octanol–water partition coefficient (Wildman–Crippen LogP) is 3.93. The van der Waals surface area contributed by atoms with E-state index in [0.29, 0.717) is 0 Å². The molecule has 90 valence electrons. The molecular formula is C9H12F6. The molecule has 0 heterocycles. The number of halogens is 6. The fraction of sp³-hybridized carbons (Fsp3) is 0.667. The fourth-order valence-electron chi connectivity index (χ4n) is 0.297. The Morgan fingerprint density at radius 2 is 1.53 bits per heavy atom. The summed E-state index contributed by atoms with van der Waals surface area (Å²) >= 11 is 0. The van der Waals surface area contributed by atoms with Gasteiger partial charge in [-0.2, -0.15) is 13.2 Å².